The summed E-state index contributed by atoms with van der Waals surface area (Å²) in [6, 6.07) is 11.9. The number of ether oxygens (including phenoxy) is 2. The first-order valence-electron chi connectivity index (χ1n) is 5.72. The standard InChI is InChI=1S/C15H13NO2/c1-17-11-3-5-13-10(7-11)9-16-15-8-12(18-2)4-6-14(13)15/h3-9H,1-2H3. The van der Waals surface area contributed by atoms with Gasteiger partial charge in [0.15, 0.2) is 0 Å². The molecule has 0 fully saturated rings. The maximum atomic E-state index is 5.22. The quantitative estimate of drug-likeness (QED) is 0.642. The molecular formula is C15H13NO2. The minimum Gasteiger partial charge on any atom is -0.497 e. The Hall–Kier alpha value is -2.29. The lowest BCUT2D eigenvalue weighted by Gasteiger charge is -2.06. The summed E-state index contributed by atoms with van der Waals surface area (Å²) in [7, 11) is 3.33. The van der Waals surface area contributed by atoms with Crippen molar-refractivity contribution in [3.63, 3.8) is 0 Å². The van der Waals surface area contributed by atoms with Crippen LogP contribution < -0.4 is 9.47 Å². The zero-order valence-electron chi connectivity index (χ0n) is 10.3. The number of aromatic nitrogens is 1. The normalized spacial score (nSPS) is 10.8. The Morgan fingerprint density at radius 3 is 2.22 bits per heavy atom. The molecule has 1 aromatic heterocycles. The van der Waals surface area contributed by atoms with Gasteiger partial charge in [0.25, 0.3) is 0 Å². The van der Waals surface area contributed by atoms with Crippen molar-refractivity contribution in [2.24, 2.45) is 0 Å². The molecule has 0 unspecified atom stereocenters. The summed E-state index contributed by atoms with van der Waals surface area (Å²) >= 11 is 0. The molecule has 0 aliphatic rings. The SMILES string of the molecule is COc1ccc2c(cnc3cc(OC)ccc32)c1. The van der Waals surface area contributed by atoms with E-state index >= 15 is 0 Å². The Labute approximate surface area is 105 Å². The van der Waals surface area contributed by atoms with E-state index in [-0.39, 0.29) is 0 Å². The zero-order valence-corrected chi connectivity index (χ0v) is 10.3. The summed E-state index contributed by atoms with van der Waals surface area (Å²) in [5, 5.41) is 3.37. The molecular weight excluding hydrogens is 226 g/mol. The van der Waals surface area contributed by atoms with Gasteiger partial charge in [-0.1, -0.05) is 0 Å². The molecule has 3 rings (SSSR count). The van der Waals surface area contributed by atoms with Gasteiger partial charge in [-0.3, -0.25) is 4.98 Å². The minimum atomic E-state index is 0.822. The number of pyridine rings is 1. The van der Waals surface area contributed by atoms with Crippen molar-refractivity contribution in [1.82, 2.24) is 4.98 Å². The Kier molecular flexibility index (Phi) is 2.52. The summed E-state index contributed by atoms with van der Waals surface area (Å²) in [4.78, 5) is 4.46. The number of hydrogen-bond acceptors (Lipinski definition) is 3. The molecule has 0 saturated carbocycles. The van der Waals surface area contributed by atoms with Gasteiger partial charge in [0.2, 0.25) is 0 Å². The average Bonchev–Trinajstić information content (AvgIpc) is 2.45. The molecule has 2 aromatic carbocycles. The third-order valence-electron chi connectivity index (χ3n) is 3.10. The predicted octanol–water partition coefficient (Wildman–Crippen LogP) is 3.41. The molecule has 0 amide bonds. The van der Waals surface area contributed by atoms with Gasteiger partial charge in [0.05, 0.1) is 19.7 Å². The largest absolute Gasteiger partial charge is 0.497 e. The van der Waals surface area contributed by atoms with Crippen molar-refractivity contribution in [3.05, 3.63) is 42.6 Å². The molecule has 0 aliphatic heterocycles. The average molecular weight is 239 g/mol. The molecule has 3 aromatic rings. The van der Waals surface area contributed by atoms with Crippen LogP contribution in [-0.4, -0.2) is 19.2 Å². The fourth-order valence-corrected chi connectivity index (χ4v) is 2.13. The highest BCUT2D eigenvalue weighted by molar-refractivity contribution is 6.06. The molecule has 1 heterocycles. The maximum absolute atomic E-state index is 5.22. The van der Waals surface area contributed by atoms with Crippen LogP contribution in [0.1, 0.15) is 0 Å². The monoisotopic (exact) mass is 239 g/mol. The second-order valence-corrected chi connectivity index (χ2v) is 4.09. The van der Waals surface area contributed by atoms with Crippen molar-refractivity contribution < 1.29 is 9.47 Å². The Bertz CT molecular complexity index is 659. The molecule has 0 radical (unpaired) electrons. The van der Waals surface area contributed by atoms with Gasteiger partial charge in [-0.15, -0.1) is 0 Å². The topological polar surface area (TPSA) is 31.4 Å². The van der Waals surface area contributed by atoms with Gasteiger partial charge >= 0.3 is 0 Å². The third-order valence-corrected chi connectivity index (χ3v) is 3.10. The number of nitrogens with zero attached hydrogens (tertiary/aromatic N) is 1. The van der Waals surface area contributed by atoms with E-state index in [1.54, 1.807) is 14.2 Å². The van der Waals surface area contributed by atoms with Crippen LogP contribution in [0.2, 0.25) is 0 Å². The van der Waals surface area contributed by atoms with E-state index in [9.17, 15) is 0 Å². The van der Waals surface area contributed by atoms with E-state index in [0.717, 1.165) is 27.8 Å². The molecule has 0 atom stereocenters. The number of methoxy groups -OCH3 is 2. The predicted molar refractivity (Wildman–Crippen MR) is 72.4 cm³/mol. The highest BCUT2D eigenvalue weighted by Crippen LogP contribution is 2.28. The Morgan fingerprint density at radius 2 is 1.50 bits per heavy atom. The summed E-state index contributed by atoms with van der Waals surface area (Å²) in [5.74, 6) is 1.67. The summed E-state index contributed by atoms with van der Waals surface area (Å²) in [6.45, 7) is 0. The highest BCUT2D eigenvalue weighted by Gasteiger charge is 2.04. The first-order chi connectivity index (χ1) is 8.81. The fraction of sp³-hybridized carbons (Fsp3) is 0.133. The zero-order chi connectivity index (χ0) is 12.5. The smallest absolute Gasteiger partial charge is 0.121 e. The van der Waals surface area contributed by atoms with E-state index in [1.165, 1.54) is 5.39 Å². The van der Waals surface area contributed by atoms with Crippen LogP contribution >= 0.6 is 0 Å². The van der Waals surface area contributed by atoms with Gasteiger partial charge in [-0.2, -0.15) is 0 Å². The maximum Gasteiger partial charge on any atom is 0.121 e. The molecule has 0 aliphatic carbocycles. The van der Waals surface area contributed by atoms with E-state index in [2.05, 4.69) is 11.1 Å². The van der Waals surface area contributed by atoms with E-state index in [0.29, 0.717) is 0 Å². The van der Waals surface area contributed by atoms with Crippen LogP contribution in [0.4, 0.5) is 0 Å². The van der Waals surface area contributed by atoms with Gasteiger partial charge in [-0.25, -0.2) is 0 Å². The van der Waals surface area contributed by atoms with Crippen LogP contribution in [0.25, 0.3) is 21.7 Å². The lowest BCUT2D eigenvalue weighted by molar-refractivity contribution is 0.415. The Morgan fingerprint density at radius 1 is 0.833 bits per heavy atom. The fourth-order valence-electron chi connectivity index (χ4n) is 2.13. The van der Waals surface area contributed by atoms with Crippen LogP contribution in [0.5, 0.6) is 11.5 Å². The summed E-state index contributed by atoms with van der Waals surface area (Å²) in [6.07, 6.45) is 1.86. The Balaban J connectivity index is 2.32. The highest BCUT2D eigenvalue weighted by atomic mass is 16.5. The van der Waals surface area contributed by atoms with Crippen LogP contribution in [-0.2, 0) is 0 Å². The second-order valence-electron chi connectivity index (χ2n) is 4.09. The summed E-state index contributed by atoms with van der Waals surface area (Å²) in [5.41, 5.74) is 0.937. The second kappa shape index (κ2) is 4.18. The van der Waals surface area contributed by atoms with E-state index < -0.39 is 0 Å². The lowest BCUT2D eigenvalue weighted by Crippen LogP contribution is -1.87. The molecule has 0 N–H and O–H groups in total. The van der Waals surface area contributed by atoms with Gasteiger partial charge in [-0.05, 0) is 35.7 Å². The van der Waals surface area contributed by atoms with Gasteiger partial charge in [0.1, 0.15) is 11.5 Å². The lowest BCUT2D eigenvalue weighted by atomic mass is 10.1. The first kappa shape index (κ1) is 10.8. The number of rotatable bonds is 2. The minimum absolute atomic E-state index is 0.822. The van der Waals surface area contributed by atoms with Crippen molar-refractivity contribution in [1.29, 1.82) is 0 Å². The van der Waals surface area contributed by atoms with Gasteiger partial charge < -0.3 is 9.47 Å². The van der Waals surface area contributed by atoms with Gasteiger partial charge in [0, 0.05) is 23.0 Å². The van der Waals surface area contributed by atoms with Crippen molar-refractivity contribution in [2.75, 3.05) is 14.2 Å². The molecule has 3 nitrogen and oxygen atoms in total. The van der Waals surface area contributed by atoms with Crippen molar-refractivity contribution >= 4 is 21.7 Å². The van der Waals surface area contributed by atoms with Crippen molar-refractivity contribution in [2.45, 2.75) is 0 Å². The van der Waals surface area contributed by atoms with E-state index in [4.69, 9.17) is 9.47 Å². The molecule has 0 saturated heterocycles. The van der Waals surface area contributed by atoms with E-state index in [1.807, 2.05) is 36.5 Å². The number of fused-ring (bicyclic) bond motifs is 3. The van der Waals surface area contributed by atoms with Crippen LogP contribution in [0, 0.1) is 0 Å². The number of hydrogen-bond donors (Lipinski definition) is 0. The third kappa shape index (κ3) is 1.64. The summed E-state index contributed by atoms with van der Waals surface area (Å²) < 4.78 is 10.4. The molecule has 3 heteroatoms. The molecule has 90 valence electrons. The molecule has 0 spiro atoms. The number of benzene rings is 2. The van der Waals surface area contributed by atoms with Crippen molar-refractivity contribution in [3.8, 4) is 11.5 Å². The molecule has 0 bridgehead atoms. The van der Waals surface area contributed by atoms with Crippen LogP contribution in [0.15, 0.2) is 42.6 Å². The molecule has 18 heavy (non-hydrogen) atoms. The van der Waals surface area contributed by atoms with Crippen LogP contribution in [0.3, 0.4) is 0 Å². The first-order valence-corrected chi connectivity index (χ1v) is 5.72.